The smallest absolute Gasteiger partial charge is 0.407 e. The Hall–Kier alpha value is -1.74. The van der Waals surface area contributed by atoms with E-state index in [0.717, 1.165) is 12.8 Å². The molecule has 3 atom stereocenters. The number of amides is 1. The van der Waals surface area contributed by atoms with Gasteiger partial charge in [0.05, 0.1) is 11.6 Å². The number of nitrogens with one attached hydrogen (secondary N) is 1. The molecule has 0 saturated heterocycles. The lowest BCUT2D eigenvalue weighted by atomic mass is 9.72. The molecule has 0 aliphatic heterocycles. The van der Waals surface area contributed by atoms with Crippen molar-refractivity contribution in [2.75, 3.05) is 7.11 Å². The zero-order valence-corrected chi connectivity index (χ0v) is 20.4. The molecule has 0 aromatic heterocycles. The van der Waals surface area contributed by atoms with Gasteiger partial charge in [0.1, 0.15) is 17.4 Å². The molecule has 1 aromatic rings. The van der Waals surface area contributed by atoms with Crippen molar-refractivity contribution in [3.8, 4) is 5.75 Å². The van der Waals surface area contributed by atoms with E-state index in [-0.39, 0.29) is 29.2 Å². The number of alkyl carbamates (subject to hydrolysis) is 1. The predicted octanol–water partition coefficient (Wildman–Crippen LogP) is 4.78. The van der Waals surface area contributed by atoms with Gasteiger partial charge in [-0.25, -0.2) is 4.79 Å². The zero-order chi connectivity index (χ0) is 23.8. The van der Waals surface area contributed by atoms with Crippen LogP contribution in [0.25, 0.3) is 0 Å². The van der Waals surface area contributed by atoms with Gasteiger partial charge in [-0.15, -0.1) is 0 Å². The topological polar surface area (TPSA) is 90.6 Å². The number of nitrogens with two attached hydrogens (primary N) is 1. The summed E-state index contributed by atoms with van der Waals surface area (Å²) in [6, 6.07) is 1.82. The number of ether oxygens (including phenoxy) is 2. The average molecular weight is 517 g/mol. The number of halogens is 3. The fourth-order valence-electron chi connectivity index (χ4n) is 5.02. The monoisotopic (exact) mass is 516 g/mol. The Morgan fingerprint density at radius 3 is 2.31 bits per heavy atom. The maximum absolute atomic E-state index is 15.2. The lowest BCUT2D eigenvalue weighted by Gasteiger charge is -2.37. The Kier molecular flexibility index (Phi) is 7.20. The third-order valence-corrected chi connectivity index (χ3v) is 7.04. The molecule has 2 aliphatic rings. The molecular weight excluding hydrogens is 486 g/mol. The Morgan fingerprint density at radius 2 is 1.78 bits per heavy atom. The van der Waals surface area contributed by atoms with Crippen LogP contribution in [0.4, 0.5) is 13.6 Å². The zero-order valence-electron chi connectivity index (χ0n) is 18.8. The van der Waals surface area contributed by atoms with E-state index in [2.05, 4.69) is 21.2 Å². The van der Waals surface area contributed by atoms with Crippen LogP contribution in [0, 0.1) is 17.8 Å². The summed E-state index contributed by atoms with van der Waals surface area (Å²) in [7, 11) is 1.38. The highest BCUT2D eigenvalue weighted by Crippen LogP contribution is 2.49. The van der Waals surface area contributed by atoms with Gasteiger partial charge < -0.3 is 20.5 Å². The molecule has 3 unspecified atom stereocenters. The summed E-state index contributed by atoms with van der Waals surface area (Å²) in [5.41, 5.74) is 4.92. The van der Waals surface area contributed by atoms with Crippen LogP contribution in [0.1, 0.15) is 52.0 Å². The molecule has 3 rings (SSSR count). The second kappa shape index (κ2) is 9.25. The highest BCUT2D eigenvalue weighted by Gasteiger charge is 2.52. The first-order valence-corrected chi connectivity index (χ1v) is 11.6. The van der Waals surface area contributed by atoms with E-state index in [1.165, 1.54) is 25.3 Å². The van der Waals surface area contributed by atoms with Crippen molar-refractivity contribution in [1.82, 2.24) is 5.32 Å². The van der Waals surface area contributed by atoms with Crippen molar-refractivity contribution < 1.29 is 27.8 Å². The lowest BCUT2D eigenvalue weighted by Crippen LogP contribution is -2.52. The number of hydrogen-bond acceptors (Lipinski definition) is 5. The molecule has 32 heavy (non-hydrogen) atoms. The van der Waals surface area contributed by atoms with E-state index in [1.54, 1.807) is 20.8 Å². The summed E-state index contributed by atoms with van der Waals surface area (Å²) in [4.78, 5) is 25.3. The van der Waals surface area contributed by atoms with Gasteiger partial charge in [-0.1, -0.05) is 6.07 Å². The Bertz CT molecular complexity index is 860. The van der Waals surface area contributed by atoms with Crippen molar-refractivity contribution in [3.05, 3.63) is 28.2 Å². The van der Waals surface area contributed by atoms with Gasteiger partial charge in [-0.3, -0.25) is 4.79 Å². The van der Waals surface area contributed by atoms with Crippen LogP contribution in [0.2, 0.25) is 0 Å². The molecular formula is C23H31BrF2N2O4. The fraction of sp³-hybridized carbons (Fsp3) is 0.652. The largest absolute Gasteiger partial charge is 0.496 e. The average Bonchev–Trinajstić information content (AvgIpc) is 2.96. The molecule has 0 spiro atoms. The number of fused-ring (bicyclic) bond motifs is 2. The van der Waals surface area contributed by atoms with Gasteiger partial charge in [-0.2, -0.15) is 8.78 Å². The minimum Gasteiger partial charge on any atom is -0.496 e. The molecule has 1 amide bonds. The number of alkyl halides is 2. The van der Waals surface area contributed by atoms with Crippen molar-refractivity contribution >= 4 is 27.8 Å². The van der Waals surface area contributed by atoms with Crippen molar-refractivity contribution in [1.29, 1.82) is 0 Å². The van der Waals surface area contributed by atoms with Gasteiger partial charge in [0.2, 0.25) is 0 Å². The number of methoxy groups -OCH3 is 1. The van der Waals surface area contributed by atoms with Crippen LogP contribution in [-0.2, 0) is 15.5 Å². The molecule has 3 N–H and O–H groups in total. The molecule has 6 nitrogen and oxygen atoms in total. The Balaban J connectivity index is 1.70. The number of carbonyl (C=O) groups excluding carboxylic acids is 2. The van der Waals surface area contributed by atoms with Crippen LogP contribution >= 0.6 is 15.9 Å². The normalized spacial score (nSPS) is 26.4. The van der Waals surface area contributed by atoms with Gasteiger partial charge in [-0.05, 0) is 86.4 Å². The Morgan fingerprint density at radius 1 is 1.19 bits per heavy atom. The second-order valence-corrected chi connectivity index (χ2v) is 10.6. The summed E-state index contributed by atoms with van der Waals surface area (Å²) in [5, 5.41) is 2.87. The quantitative estimate of drug-likeness (QED) is 0.567. The predicted molar refractivity (Wildman–Crippen MR) is 120 cm³/mol. The summed E-state index contributed by atoms with van der Waals surface area (Å²) in [5.74, 6) is -4.58. The molecule has 9 heteroatoms. The molecule has 2 saturated carbocycles. The molecule has 2 fully saturated rings. The van der Waals surface area contributed by atoms with Crippen molar-refractivity contribution in [3.63, 3.8) is 0 Å². The van der Waals surface area contributed by atoms with E-state index < -0.39 is 35.4 Å². The van der Waals surface area contributed by atoms with E-state index in [9.17, 15) is 9.59 Å². The van der Waals surface area contributed by atoms with E-state index in [0.29, 0.717) is 17.3 Å². The molecule has 0 radical (unpaired) electrons. The molecule has 0 heterocycles. The third-order valence-electron chi connectivity index (χ3n) is 6.38. The maximum Gasteiger partial charge on any atom is 0.407 e. The number of rotatable bonds is 6. The van der Waals surface area contributed by atoms with Gasteiger partial charge in [0.25, 0.3) is 5.92 Å². The minimum absolute atomic E-state index is 0.0810. The maximum atomic E-state index is 15.2. The summed E-state index contributed by atoms with van der Waals surface area (Å²) < 4.78 is 41.3. The van der Waals surface area contributed by atoms with Crippen molar-refractivity contribution in [2.24, 2.45) is 23.5 Å². The van der Waals surface area contributed by atoms with Crippen molar-refractivity contribution in [2.45, 2.75) is 70.1 Å². The number of hydrogen-bond donors (Lipinski definition) is 2. The van der Waals surface area contributed by atoms with Gasteiger partial charge >= 0.3 is 6.09 Å². The fourth-order valence-corrected chi connectivity index (χ4v) is 5.43. The van der Waals surface area contributed by atoms with E-state index in [4.69, 9.17) is 15.2 Å². The molecule has 178 valence electrons. The van der Waals surface area contributed by atoms with Crippen LogP contribution in [0.5, 0.6) is 5.75 Å². The lowest BCUT2D eigenvalue weighted by molar-refractivity contribution is -0.138. The van der Waals surface area contributed by atoms with Crippen LogP contribution in [-0.4, -0.2) is 36.7 Å². The van der Waals surface area contributed by atoms with E-state index >= 15 is 8.78 Å². The molecule has 1 aromatic carbocycles. The number of ketones is 1. The first-order chi connectivity index (χ1) is 14.8. The standard InChI is InChI=1S/C23H31BrF2N2O4/c1-22(2,3)32-21(30)28-15-9-12-5-6-13(10-15)18(12)19(29)20(27)23(25,26)14-7-8-16(24)17(11-14)31-4/h7-8,11-13,15,18,20H,5-6,9-10,27H2,1-4H3,(H,28,30). The van der Waals surface area contributed by atoms with Crippen LogP contribution in [0.15, 0.2) is 22.7 Å². The number of Topliss-reactive ketones (excluding diaryl/α,β-unsaturated/α-hetero) is 1. The summed E-state index contributed by atoms with van der Waals surface area (Å²) >= 11 is 3.24. The van der Waals surface area contributed by atoms with Gasteiger partial charge in [0.15, 0.2) is 5.78 Å². The SMILES string of the molecule is COc1cc(C(F)(F)C(N)C(=O)C2C3CCC2CC(NC(=O)OC(C)(C)C)C3)ccc1Br. The number of benzene rings is 1. The van der Waals surface area contributed by atoms with Crippen LogP contribution < -0.4 is 15.8 Å². The highest BCUT2D eigenvalue weighted by atomic mass is 79.9. The molecule has 2 aliphatic carbocycles. The van der Waals surface area contributed by atoms with Crippen LogP contribution in [0.3, 0.4) is 0 Å². The summed E-state index contributed by atoms with van der Waals surface area (Å²) in [6.45, 7) is 5.36. The first kappa shape index (κ1) is 24.9. The number of carbonyl (C=O) groups is 2. The van der Waals surface area contributed by atoms with E-state index in [1.807, 2.05) is 0 Å². The minimum atomic E-state index is -3.53. The second-order valence-electron chi connectivity index (χ2n) is 9.79. The summed E-state index contributed by atoms with van der Waals surface area (Å²) in [6.07, 6.45) is 2.13. The third kappa shape index (κ3) is 5.25. The first-order valence-electron chi connectivity index (χ1n) is 10.8. The van der Waals surface area contributed by atoms with Gasteiger partial charge in [0, 0.05) is 17.5 Å². The Labute approximate surface area is 195 Å². The molecule has 2 bridgehead atoms. The highest BCUT2D eigenvalue weighted by molar-refractivity contribution is 9.10.